The van der Waals surface area contributed by atoms with E-state index in [9.17, 15) is 9.59 Å². The Hall–Kier alpha value is -1.86. The second-order valence-electron chi connectivity index (χ2n) is 4.21. The number of aromatic nitrogens is 1. The van der Waals surface area contributed by atoms with E-state index in [2.05, 4.69) is 10.4 Å². The highest BCUT2D eigenvalue weighted by Crippen LogP contribution is 2.18. The number of hydrogen-bond acceptors (Lipinski definition) is 5. The number of carbonyl (C=O) groups excluding carboxylic acids is 2. The van der Waals surface area contributed by atoms with E-state index < -0.39 is 0 Å². The number of hydrazine groups is 1. The summed E-state index contributed by atoms with van der Waals surface area (Å²) in [4.78, 5) is 30.9. The number of nitrogens with two attached hydrogens (primary N) is 1. The zero-order valence-corrected chi connectivity index (χ0v) is 11.1. The molecule has 102 valence electrons. The Morgan fingerprint density at radius 1 is 1.47 bits per heavy atom. The van der Waals surface area contributed by atoms with Crippen LogP contribution in [0.1, 0.15) is 10.5 Å². The largest absolute Gasteiger partial charge is 0.342 e. The molecule has 1 fully saturated rings. The van der Waals surface area contributed by atoms with E-state index in [1.165, 1.54) is 11.0 Å². The summed E-state index contributed by atoms with van der Waals surface area (Å²) in [5.41, 5.74) is 2.44. The average Bonchev–Trinajstić information content (AvgIpc) is 2.41. The Morgan fingerprint density at radius 3 is 2.84 bits per heavy atom. The van der Waals surface area contributed by atoms with E-state index in [0.717, 1.165) is 0 Å². The summed E-state index contributed by atoms with van der Waals surface area (Å²) in [6.07, 6.45) is 0. The van der Waals surface area contributed by atoms with Gasteiger partial charge in [-0.1, -0.05) is 11.6 Å². The summed E-state index contributed by atoms with van der Waals surface area (Å²) >= 11 is 5.96. The van der Waals surface area contributed by atoms with Gasteiger partial charge >= 0.3 is 0 Å². The molecule has 2 heterocycles. The van der Waals surface area contributed by atoms with Crippen molar-refractivity contribution in [2.75, 3.05) is 32.1 Å². The second-order valence-corrected chi connectivity index (χ2v) is 4.62. The van der Waals surface area contributed by atoms with Crippen molar-refractivity contribution in [3.63, 3.8) is 0 Å². The third-order valence-electron chi connectivity index (χ3n) is 2.94. The average molecular weight is 284 g/mol. The number of pyridine rings is 1. The maximum absolute atomic E-state index is 12.3. The topological polar surface area (TPSA) is 91.6 Å². The first-order valence-electron chi connectivity index (χ1n) is 5.69. The Morgan fingerprint density at radius 2 is 2.21 bits per heavy atom. The molecule has 0 saturated carbocycles. The Kier molecular flexibility index (Phi) is 3.87. The molecule has 0 aromatic carbocycles. The molecule has 19 heavy (non-hydrogen) atoms. The monoisotopic (exact) mass is 283 g/mol. The Labute approximate surface area is 115 Å². The molecule has 0 aliphatic carbocycles. The van der Waals surface area contributed by atoms with Gasteiger partial charge in [0.1, 0.15) is 18.1 Å². The van der Waals surface area contributed by atoms with Gasteiger partial charge in [-0.15, -0.1) is 0 Å². The maximum Gasteiger partial charge on any atom is 0.274 e. The normalized spacial score (nSPS) is 15.6. The van der Waals surface area contributed by atoms with Crippen LogP contribution in [0.4, 0.5) is 5.82 Å². The minimum absolute atomic E-state index is 0.0353. The van der Waals surface area contributed by atoms with Gasteiger partial charge in [0.05, 0.1) is 5.02 Å². The lowest BCUT2D eigenvalue weighted by molar-refractivity contribution is -0.133. The van der Waals surface area contributed by atoms with Crippen LogP contribution in [0.25, 0.3) is 0 Å². The van der Waals surface area contributed by atoms with Crippen molar-refractivity contribution in [1.82, 2.24) is 14.8 Å². The van der Waals surface area contributed by atoms with Crippen molar-refractivity contribution >= 4 is 29.2 Å². The molecule has 1 saturated heterocycles. The molecular weight excluding hydrogens is 270 g/mol. The van der Waals surface area contributed by atoms with E-state index in [-0.39, 0.29) is 29.1 Å². The first-order chi connectivity index (χ1) is 9.02. The van der Waals surface area contributed by atoms with Crippen molar-refractivity contribution in [2.24, 2.45) is 5.84 Å². The summed E-state index contributed by atoms with van der Waals surface area (Å²) in [5.74, 6) is 5.11. The van der Waals surface area contributed by atoms with Gasteiger partial charge in [-0.25, -0.2) is 10.8 Å². The molecule has 1 aromatic rings. The zero-order chi connectivity index (χ0) is 14.0. The lowest BCUT2D eigenvalue weighted by atomic mass is 10.2. The van der Waals surface area contributed by atoms with Crippen molar-refractivity contribution in [3.8, 4) is 0 Å². The fourth-order valence-corrected chi connectivity index (χ4v) is 1.94. The predicted octanol–water partition coefficient (Wildman–Crippen LogP) is -0.0652. The third kappa shape index (κ3) is 2.77. The van der Waals surface area contributed by atoms with Gasteiger partial charge in [0.25, 0.3) is 5.91 Å². The number of halogens is 1. The van der Waals surface area contributed by atoms with Crippen LogP contribution in [0.15, 0.2) is 12.1 Å². The van der Waals surface area contributed by atoms with Crippen LogP contribution >= 0.6 is 11.6 Å². The van der Waals surface area contributed by atoms with Crippen LogP contribution in [-0.2, 0) is 4.79 Å². The van der Waals surface area contributed by atoms with E-state index >= 15 is 0 Å². The molecule has 0 atom stereocenters. The molecule has 1 aliphatic rings. The number of nitrogens with one attached hydrogen (secondary N) is 1. The Balaban J connectivity index is 2.22. The maximum atomic E-state index is 12.3. The quantitative estimate of drug-likeness (QED) is 0.586. The van der Waals surface area contributed by atoms with E-state index in [4.69, 9.17) is 17.4 Å². The van der Waals surface area contributed by atoms with Crippen LogP contribution in [0.5, 0.6) is 0 Å². The molecule has 0 spiro atoms. The highest BCUT2D eigenvalue weighted by Gasteiger charge is 2.27. The van der Waals surface area contributed by atoms with E-state index in [0.29, 0.717) is 18.9 Å². The highest BCUT2D eigenvalue weighted by atomic mass is 35.5. The van der Waals surface area contributed by atoms with Gasteiger partial charge in [-0.2, -0.15) is 0 Å². The van der Waals surface area contributed by atoms with Crippen LogP contribution < -0.4 is 11.3 Å². The minimum Gasteiger partial charge on any atom is -0.342 e. The van der Waals surface area contributed by atoms with Crippen molar-refractivity contribution in [3.05, 3.63) is 22.8 Å². The van der Waals surface area contributed by atoms with Gasteiger partial charge in [-0.05, 0) is 12.1 Å². The molecule has 0 unspecified atom stereocenters. The summed E-state index contributed by atoms with van der Waals surface area (Å²) in [7, 11) is 1.70. The van der Waals surface area contributed by atoms with Gasteiger partial charge in [0, 0.05) is 20.1 Å². The highest BCUT2D eigenvalue weighted by molar-refractivity contribution is 6.33. The molecule has 2 rings (SSSR count). The van der Waals surface area contributed by atoms with Gasteiger partial charge in [0.15, 0.2) is 0 Å². The SMILES string of the molecule is CN1CCN(C(=O)c2nc(NN)ccc2Cl)CC1=O. The predicted molar refractivity (Wildman–Crippen MR) is 70.6 cm³/mol. The number of amides is 2. The first kappa shape index (κ1) is 13.6. The second kappa shape index (κ2) is 5.41. The lowest BCUT2D eigenvalue weighted by Crippen LogP contribution is -2.50. The summed E-state index contributed by atoms with van der Waals surface area (Å²) < 4.78 is 0. The minimum atomic E-state index is -0.372. The van der Waals surface area contributed by atoms with E-state index in [1.807, 2.05) is 0 Å². The first-order valence-corrected chi connectivity index (χ1v) is 6.07. The standard InChI is InChI=1S/C11H14ClN5O2/c1-16-4-5-17(6-9(16)18)11(19)10-7(12)2-3-8(14-10)15-13/h2-3H,4-6,13H2,1H3,(H,14,15). The third-order valence-corrected chi connectivity index (χ3v) is 3.25. The van der Waals surface area contributed by atoms with Crippen LogP contribution in [0.3, 0.4) is 0 Å². The molecular formula is C11H14ClN5O2. The molecule has 2 amide bonds. The number of piperazine rings is 1. The molecule has 0 radical (unpaired) electrons. The van der Waals surface area contributed by atoms with E-state index in [1.54, 1.807) is 18.0 Å². The van der Waals surface area contributed by atoms with Crippen LogP contribution in [0.2, 0.25) is 5.02 Å². The van der Waals surface area contributed by atoms with Crippen LogP contribution in [-0.4, -0.2) is 53.3 Å². The lowest BCUT2D eigenvalue weighted by Gasteiger charge is -2.31. The number of nitrogen functional groups attached to an aromatic ring is 1. The smallest absolute Gasteiger partial charge is 0.274 e. The van der Waals surface area contributed by atoms with Crippen molar-refractivity contribution in [2.45, 2.75) is 0 Å². The summed E-state index contributed by atoms with van der Waals surface area (Å²) in [6, 6.07) is 3.10. The molecule has 1 aromatic heterocycles. The number of nitrogens with zero attached hydrogens (tertiary/aromatic N) is 3. The fourth-order valence-electron chi connectivity index (χ4n) is 1.75. The number of carbonyl (C=O) groups is 2. The molecule has 0 bridgehead atoms. The summed E-state index contributed by atoms with van der Waals surface area (Å²) in [6.45, 7) is 0.990. The zero-order valence-electron chi connectivity index (χ0n) is 10.4. The molecule has 8 heteroatoms. The van der Waals surface area contributed by atoms with Gasteiger partial charge in [-0.3, -0.25) is 9.59 Å². The molecule has 7 nitrogen and oxygen atoms in total. The van der Waals surface area contributed by atoms with Gasteiger partial charge in [0.2, 0.25) is 5.91 Å². The summed E-state index contributed by atoms with van der Waals surface area (Å²) in [5, 5.41) is 0.232. The number of anilines is 1. The Bertz CT molecular complexity index is 522. The fraction of sp³-hybridized carbons (Fsp3) is 0.364. The number of hydrogen-bond donors (Lipinski definition) is 2. The number of rotatable bonds is 2. The molecule has 1 aliphatic heterocycles. The van der Waals surface area contributed by atoms with Crippen molar-refractivity contribution < 1.29 is 9.59 Å². The van der Waals surface area contributed by atoms with Crippen LogP contribution in [0, 0.1) is 0 Å². The number of likely N-dealkylation sites (N-methyl/N-ethyl adjacent to an activating group) is 1. The van der Waals surface area contributed by atoms with Gasteiger partial charge < -0.3 is 15.2 Å². The molecule has 3 N–H and O–H groups in total. The van der Waals surface area contributed by atoms with Crippen molar-refractivity contribution in [1.29, 1.82) is 0 Å².